The Labute approximate surface area is 356 Å². The highest BCUT2D eigenvalue weighted by Gasteiger charge is 2.28. The number of carbonyl (C=O) groups is 2. The van der Waals surface area contributed by atoms with E-state index in [2.05, 4.69) is 59.4 Å². The number of aliphatic hydroxyl groups is 1. The Kier molecular flexibility index (Phi) is 38.9. The van der Waals surface area contributed by atoms with Crippen molar-refractivity contribution >= 4 is 27.6 Å². The minimum absolute atomic E-state index is 0.120. The first-order valence-corrected chi connectivity index (χ1v) is 25.4. The molecular weight excluding hydrogens is 798 g/mol. The summed E-state index contributed by atoms with van der Waals surface area (Å²) in [5.41, 5.74) is 0. The second-order valence-electron chi connectivity index (χ2n) is 15.0. The molecule has 59 heavy (non-hydrogen) atoms. The molecule has 0 radical (unpaired) electrons. The zero-order chi connectivity index (χ0) is 43.7. The number of phosphoric ester groups is 2. The van der Waals surface area contributed by atoms with Gasteiger partial charge in [-0.3, -0.25) is 23.2 Å². The van der Waals surface area contributed by atoms with Gasteiger partial charge in [0.15, 0.2) is 6.10 Å². The number of esters is 2. The molecule has 0 aliphatic carbocycles. The van der Waals surface area contributed by atoms with E-state index in [-0.39, 0.29) is 12.8 Å². The van der Waals surface area contributed by atoms with E-state index >= 15 is 0 Å². The molecular formula is C44H80O13P2. The summed E-state index contributed by atoms with van der Waals surface area (Å²) in [7, 11) is -9.68. The topological polar surface area (TPSA) is 195 Å². The second kappa shape index (κ2) is 40.2. The van der Waals surface area contributed by atoms with Crippen LogP contribution in [0.3, 0.4) is 0 Å². The van der Waals surface area contributed by atoms with Crippen molar-refractivity contribution in [2.75, 3.05) is 26.4 Å². The Morgan fingerprint density at radius 1 is 0.492 bits per heavy atom. The van der Waals surface area contributed by atoms with E-state index in [1.807, 2.05) is 12.2 Å². The van der Waals surface area contributed by atoms with Crippen molar-refractivity contribution in [2.24, 2.45) is 0 Å². The standard InChI is InChI=1S/C44H80O13P2/c1-3-5-7-9-11-13-15-17-19-20-22-23-25-27-29-31-33-35-43(46)53-39-42(40-56-59(51,52)55-38-41(45)37-54-58(48,49)50)57-44(47)36-34-32-30-28-26-24-21-18-16-14-12-10-8-6-4-2/h11,13,17,19,22-23,27,29,41-42,45H,3-10,12,14-16,18,20-21,24-26,28,30-40H2,1-2H3,(H,51,52)(H2,48,49,50)/b13-11-,19-17-,23-22-,29-27-/t41-,42+/m0/s1. The Morgan fingerprint density at radius 3 is 1.41 bits per heavy atom. The van der Waals surface area contributed by atoms with Crippen LogP contribution < -0.4 is 0 Å². The molecule has 0 aliphatic heterocycles. The van der Waals surface area contributed by atoms with Crippen molar-refractivity contribution < 1.29 is 61.6 Å². The molecule has 0 aliphatic rings. The number of aliphatic hydroxyl groups excluding tert-OH is 1. The third-order valence-corrected chi connectivity index (χ3v) is 10.6. The number of rotatable bonds is 42. The fraction of sp³-hybridized carbons (Fsp3) is 0.773. The van der Waals surface area contributed by atoms with Gasteiger partial charge in [-0.1, -0.05) is 165 Å². The van der Waals surface area contributed by atoms with Crippen LogP contribution in [0.5, 0.6) is 0 Å². The maximum Gasteiger partial charge on any atom is 0.472 e. The van der Waals surface area contributed by atoms with Gasteiger partial charge in [-0.2, -0.15) is 0 Å². The highest BCUT2D eigenvalue weighted by molar-refractivity contribution is 7.47. The number of carbonyl (C=O) groups excluding carboxylic acids is 2. The quantitative estimate of drug-likeness (QED) is 0.0196. The van der Waals surface area contributed by atoms with Crippen molar-refractivity contribution in [1.29, 1.82) is 0 Å². The van der Waals surface area contributed by atoms with Crippen LogP contribution in [0.4, 0.5) is 0 Å². The number of unbranched alkanes of at least 4 members (excludes halogenated alkanes) is 18. The summed E-state index contributed by atoms with van der Waals surface area (Å²) in [4.78, 5) is 52.7. The largest absolute Gasteiger partial charge is 0.472 e. The predicted octanol–water partition coefficient (Wildman–Crippen LogP) is 11.5. The summed E-state index contributed by atoms with van der Waals surface area (Å²) in [6, 6.07) is 0. The summed E-state index contributed by atoms with van der Waals surface area (Å²) in [6.45, 7) is 1.69. The molecule has 13 nitrogen and oxygen atoms in total. The molecule has 4 N–H and O–H groups in total. The molecule has 0 bridgehead atoms. The summed E-state index contributed by atoms with van der Waals surface area (Å²) in [5.74, 6) is -1.09. The molecule has 0 aromatic carbocycles. The van der Waals surface area contributed by atoms with Crippen molar-refractivity contribution in [3.63, 3.8) is 0 Å². The van der Waals surface area contributed by atoms with Gasteiger partial charge >= 0.3 is 27.6 Å². The number of allylic oxidation sites excluding steroid dienone is 8. The molecule has 0 saturated heterocycles. The first-order chi connectivity index (χ1) is 28.4. The van der Waals surface area contributed by atoms with Crippen LogP contribution >= 0.6 is 15.6 Å². The molecule has 0 amide bonds. The fourth-order valence-electron chi connectivity index (χ4n) is 5.81. The minimum Gasteiger partial charge on any atom is -0.462 e. The normalized spacial score (nSPS) is 14.5. The number of ether oxygens (including phenoxy) is 2. The van der Waals surface area contributed by atoms with Crippen LogP contribution in [-0.2, 0) is 41.8 Å². The van der Waals surface area contributed by atoms with Crippen molar-refractivity contribution in [3.05, 3.63) is 48.6 Å². The Hall–Kier alpha value is -1.92. The van der Waals surface area contributed by atoms with Gasteiger partial charge in [-0.25, -0.2) is 9.13 Å². The maximum atomic E-state index is 12.7. The van der Waals surface area contributed by atoms with Crippen molar-refractivity contribution in [2.45, 2.75) is 193 Å². The molecule has 344 valence electrons. The molecule has 0 spiro atoms. The number of hydrogen-bond acceptors (Lipinski definition) is 10. The first kappa shape index (κ1) is 57.1. The summed E-state index contributed by atoms with van der Waals surface area (Å²) >= 11 is 0. The average molecular weight is 879 g/mol. The van der Waals surface area contributed by atoms with Crippen LogP contribution in [0.15, 0.2) is 48.6 Å². The van der Waals surface area contributed by atoms with Crippen LogP contribution in [0, 0.1) is 0 Å². The summed E-state index contributed by atoms with van der Waals surface area (Å²) < 4.78 is 47.7. The molecule has 0 rings (SSSR count). The zero-order valence-corrected chi connectivity index (χ0v) is 38.1. The number of hydrogen-bond donors (Lipinski definition) is 4. The molecule has 0 fully saturated rings. The van der Waals surface area contributed by atoms with Gasteiger partial charge in [0.05, 0.1) is 19.8 Å². The Balaban J connectivity index is 4.58. The van der Waals surface area contributed by atoms with Gasteiger partial charge in [0, 0.05) is 12.8 Å². The van der Waals surface area contributed by atoms with E-state index in [1.54, 1.807) is 0 Å². The molecule has 1 unspecified atom stereocenters. The monoisotopic (exact) mass is 879 g/mol. The average Bonchev–Trinajstić information content (AvgIpc) is 3.19. The van der Waals surface area contributed by atoms with E-state index in [9.17, 15) is 28.7 Å². The van der Waals surface area contributed by atoms with Crippen LogP contribution in [-0.4, -0.2) is 70.4 Å². The Morgan fingerprint density at radius 2 is 0.898 bits per heavy atom. The van der Waals surface area contributed by atoms with E-state index < -0.39 is 66.2 Å². The van der Waals surface area contributed by atoms with Gasteiger partial charge in [0.2, 0.25) is 0 Å². The highest BCUT2D eigenvalue weighted by atomic mass is 31.2. The van der Waals surface area contributed by atoms with Crippen LogP contribution in [0.25, 0.3) is 0 Å². The van der Waals surface area contributed by atoms with Gasteiger partial charge < -0.3 is 29.3 Å². The third kappa shape index (κ3) is 44.0. The van der Waals surface area contributed by atoms with Gasteiger partial charge in [-0.05, 0) is 51.4 Å². The van der Waals surface area contributed by atoms with Crippen LogP contribution in [0.1, 0.15) is 181 Å². The van der Waals surface area contributed by atoms with E-state index in [1.165, 1.54) is 89.9 Å². The van der Waals surface area contributed by atoms with E-state index in [4.69, 9.17) is 23.8 Å². The lowest BCUT2D eigenvalue weighted by atomic mass is 10.0. The molecule has 0 aromatic rings. The molecule has 0 saturated carbocycles. The lowest BCUT2D eigenvalue weighted by Crippen LogP contribution is -2.30. The maximum absolute atomic E-state index is 12.7. The highest BCUT2D eigenvalue weighted by Crippen LogP contribution is 2.43. The van der Waals surface area contributed by atoms with Gasteiger partial charge in [0.1, 0.15) is 12.7 Å². The zero-order valence-electron chi connectivity index (χ0n) is 36.3. The van der Waals surface area contributed by atoms with E-state index in [0.29, 0.717) is 19.3 Å². The fourth-order valence-corrected chi connectivity index (χ4v) is 6.97. The number of phosphoric acid groups is 2. The first-order valence-electron chi connectivity index (χ1n) is 22.3. The Bertz CT molecular complexity index is 1230. The minimum atomic E-state index is -4.87. The second-order valence-corrected chi connectivity index (χ2v) is 17.7. The SMILES string of the molecule is CCCCC/C=C\C/C=C\C/C=C\C/C=C\CCCC(=O)OC[C@H](COP(=O)(O)OC[C@@H](O)COP(=O)(O)O)OC(=O)CCCCCCCCCCCCCCCCC. The van der Waals surface area contributed by atoms with Gasteiger partial charge in [0.25, 0.3) is 0 Å². The molecule has 0 heterocycles. The lowest BCUT2D eigenvalue weighted by molar-refractivity contribution is -0.161. The molecule has 0 aromatic heterocycles. The van der Waals surface area contributed by atoms with E-state index in [0.717, 1.165) is 44.9 Å². The summed E-state index contributed by atoms with van der Waals surface area (Å²) in [6.07, 6.45) is 41.0. The van der Waals surface area contributed by atoms with Crippen molar-refractivity contribution in [1.82, 2.24) is 0 Å². The summed E-state index contributed by atoms with van der Waals surface area (Å²) in [5, 5.41) is 9.74. The predicted molar refractivity (Wildman–Crippen MR) is 235 cm³/mol. The van der Waals surface area contributed by atoms with Crippen molar-refractivity contribution in [3.8, 4) is 0 Å². The molecule has 3 atom stereocenters. The van der Waals surface area contributed by atoms with Gasteiger partial charge in [-0.15, -0.1) is 0 Å². The lowest BCUT2D eigenvalue weighted by Gasteiger charge is -2.20. The molecule has 15 heteroatoms. The third-order valence-electron chi connectivity index (χ3n) is 9.21. The smallest absolute Gasteiger partial charge is 0.462 e. The van der Waals surface area contributed by atoms with Crippen LogP contribution in [0.2, 0.25) is 0 Å².